The minimum absolute atomic E-state index is 0.0683. The minimum atomic E-state index is -0.883. The molecule has 37 heavy (non-hydrogen) atoms. The molecule has 0 spiro atoms. The lowest BCUT2D eigenvalue weighted by Gasteiger charge is -2.16. The Kier molecular flexibility index (Phi) is 7.69. The van der Waals surface area contributed by atoms with Crippen molar-refractivity contribution in [1.29, 1.82) is 0 Å². The van der Waals surface area contributed by atoms with Gasteiger partial charge in [0.05, 0.1) is 24.9 Å². The SMILES string of the molecule is COc1cc(C(=O)NNC(=O)NC(C)c2ncc(-c3cc(Cl)cc(F)c3-c3ccc(C)s3)cc2F)on1. The third kappa shape index (κ3) is 5.87. The van der Waals surface area contributed by atoms with Gasteiger partial charge in [-0.1, -0.05) is 11.6 Å². The number of rotatable bonds is 6. The Morgan fingerprint density at radius 1 is 1.14 bits per heavy atom. The van der Waals surface area contributed by atoms with Crippen molar-refractivity contribution in [3.63, 3.8) is 0 Å². The summed E-state index contributed by atoms with van der Waals surface area (Å²) in [7, 11) is 1.35. The molecule has 4 rings (SSSR count). The summed E-state index contributed by atoms with van der Waals surface area (Å²) in [6.07, 6.45) is 1.38. The van der Waals surface area contributed by atoms with Crippen LogP contribution in [0.4, 0.5) is 13.6 Å². The number of aromatic nitrogens is 2. The van der Waals surface area contributed by atoms with Gasteiger partial charge in [0, 0.05) is 32.1 Å². The average Bonchev–Trinajstić information content (AvgIpc) is 3.51. The van der Waals surface area contributed by atoms with Crippen molar-refractivity contribution in [2.45, 2.75) is 19.9 Å². The zero-order valence-corrected chi connectivity index (χ0v) is 21.3. The van der Waals surface area contributed by atoms with E-state index >= 15 is 4.39 Å². The van der Waals surface area contributed by atoms with Gasteiger partial charge in [-0.05, 0) is 54.9 Å². The lowest BCUT2D eigenvalue weighted by atomic mass is 9.98. The molecule has 0 saturated heterocycles. The van der Waals surface area contributed by atoms with Crippen LogP contribution >= 0.6 is 22.9 Å². The number of hydrazine groups is 1. The first-order valence-electron chi connectivity index (χ1n) is 10.8. The highest BCUT2D eigenvalue weighted by Gasteiger charge is 2.21. The molecule has 13 heteroatoms. The van der Waals surface area contributed by atoms with Crippen LogP contribution in [0.3, 0.4) is 0 Å². The summed E-state index contributed by atoms with van der Waals surface area (Å²) in [6, 6.07) is 7.13. The van der Waals surface area contributed by atoms with Gasteiger partial charge in [0.25, 0.3) is 5.88 Å². The fourth-order valence-electron chi connectivity index (χ4n) is 3.47. The van der Waals surface area contributed by atoms with Crippen molar-refractivity contribution in [3.05, 3.63) is 75.6 Å². The molecular formula is C24H20ClF2N5O4S. The average molecular weight is 548 g/mol. The van der Waals surface area contributed by atoms with Gasteiger partial charge in [0.1, 0.15) is 11.6 Å². The van der Waals surface area contributed by atoms with Crippen molar-refractivity contribution < 1.29 is 27.6 Å². The van der Waals surface area contributed by atoms with E-state index in [4.69, 9.17) is 20.9 Å². The van der Waals surface area contributed by atoms with Gasteiger partial charge in [-0.15, -0.1) is 11.3 Å². The Bertz CT molecular complexity index is 1480. The van der Waals surface area contributed by atoms with Crippen LogP contribution < -0.4 is 20.9 Å². The van der Waals surface area contributed by atoms with E-state index < -0.39 is 29.6 Å². The number of nitrogens with one attached hydrogen (secondary N) is 3. The Morgan fingerprint density at radius 3 is 2.57 bits per heavy atom. The summed E-state index contributed by atoms with van der Waals surface area (Å²) in [6.45, 7) is 3.41. The Balaban J connectivity index is 1.48. The van der Waals surface area contributed by atoms with E-state index in [2.05, 4.69) is 26.3 Å². The van der Waals surface area contributed by atoms with Gasteiger partial charge < -0.3 is 14.6 Å². The van der Waals surface area contributed by atoms with Crippen LogP contribution in [0.25, 0.3) is 21.6 Å². The molecule has 0 radical (unpaired) electrons. The molecule has 1 atom stereocenters. The zero-order valence-electron chi connectivity index (χ0n) is 19.7. The van der Waals surface area contributed by atoms with Crippen molar-refractivity contribution in [3.8, 4) is 27.4 Å². The maximum Gasteiger partial charge on any atom is 0.334 e. The topological polar surface area (TPSA) is 118 Å². The van der Waals surface area contributed by atoms with Crippen LogP contribution in [0.15, 0.2) is 47.1 Å². The number of carbonyl (C=O) groups excluding carboxylic acids is 2. The number of hydrogen-bond donors (Lipinski definition) is 3. The fraction of sp³-hybridized carbons (Fsp3) is 0.167. The second-order valence-corrected chi connectivity index (χ2v) is 9.54. The molecule has 9 nitrogen and oxygen atoms in total. The summed E-state index contributed by atoms with van der Waals surface area (Å²) < 4.78 is 39.6. The number of nitrogens with zero attached hydrogens (tertiary/aromatic N) is 2. The predicted octanol–water partition coefficient (Wildman–Crippen LogP) is 5.42. The molecule has 1 unspecified atom stereocenters. The molecule has 0 aliphatic carbocycles. The maximum absolute atomic E-state index is 15.1. The Labute approximate surface area is 218 Å². The highest BCUT2D eigenvalue weighted by Crippen LogP contribution is 2.40. The van der Waals surface area contributed by atoms with E-state index in [9.17, 15) is 14.0 Å². The van der Waals surface area contributed by atoms with E-state index in [0.717, 1.165) is 4.88 Å². The van der Waals surface area contributed by atoms with Crippen molar-refractivity contribution in [2.75, 3.05) is 7.11 Å². The third-order valence-corrected chi connectivity index (χ3v) is 6.43. The van der Waals surface area contributed by atoms with Crippen LogP contribution in [0, 0.1) is 18.6 Å². The van der Waals surface area contributed by atoms with Crippen LogP contribution in [0.1, 0.15) is 34.1 Å². The molecule has 0 fully saturated rings. The normalized spacial score (nSPS) is 11.6. The van der Waals surface area contributed by atoms with Gasteiger partial charge in [-0.2, -0.15) is 0 Å². The van der Waals surface area contributed by atoms with E-state index in [1.807, 2.05) is 13.0 Å². The number of aryl methyl sites for hydroxylation is 1. The third-order valence-electron chi connectivity index (χ3n) is 5.19. The van der Waals surface area contributed by atoms with Crippen molar-refractivity contribution in [1.82, 2.24) is 26.3 Å². The van der Waals surface area contributed by atoms with Crippen LogP contribution in [0.5, 0.6) is 5.88 Å². The van der Waals surface area contributed by atoms with E-state index in [1.165, 1.54) is 49.8 Å². The van der Waals surface area contributed by atoms with E-state index in [-0.39, 0.29) is 22.4 Å². The summed E-state index contributed by atoms with van der Waals surface area (Å²) in [5.74, 6) is -2.14. The number of amides is 3. The molecule has 0 aliphatic rings. The first-order valence-corrected chi connectivity index (χ1v) is 11.9. The van der Waals surface area contributed by atoms with Crippen molar-refractivity contribution in [2.24, 2.45) is 0 Å². The van der Waals surface area contributed by atoms with Gasteiger partial charge >= 0.3 is 11.9 Å². The molecular weight excluding hydrogens is 528 g/mol. The first kappa shape index (κ1) is 26.0. The predicted molar refractivity (Wildman–Crippen MR) is 133 cm³/mol. The lowest BCUT2D eigenvalue weighted by molar-refractivity contribution is 0.0898. The molecule has 0 bridgehead atoms. The maximum atomic E-state index is 15.1. The molecule has 0 aliphatic heterocycles. The molecule has 0 saturated carbocycles. The number of methoxy groups -OCH3 is 1. The van der Waals surface area contributed by atoms with Gasteiger partial charge in [0.2, 0.25) is 5.76 Å². The number of benzene rings is 1. The zero-order chi connectivity index (χ0) is 26.7. The summed E-state index contributed by atoms with van der Waals surface area (Å²) in [4.78, 5) is 30.0. The Morgan fingerprint density at radius 2 is 1.92 bits per heavy atom. The second-order valence-electron chi connectivity index (χ2n) is 7.82. The number of carbonyl (C=O) groups is 2. The molecule has 1 aromatic carbocycles. The molecule has 3 amide bonds. The smallest absolute Gasteiger partial charge is 0.334 e. The second kappa shape index (κ2) is 10.9. The number of ether oxygens (including phenoxy) is 1. The number of hydrogen-bond acceptors (Lipinski definition) is 7. The number of pyridine rings is 1. The minimum Gasteiger partial charge on any atom is -0.479 e. The summed E-state index contributed by atoms with van der Waals surface area (Å²) in [5.41, 5.74) is 5.17. The van der Waals surface area contributed by atoms with E-state index in [1.54, 1.807) is 12.1 Å². The molecule has 3 aromatic heterocycles. The number of thiophene rings is 1. The summed E-state index contributed by atoms with van der Waals surface area (Å²) in [5, 5.41) is 6.10. The highest BCUT2D eigenvalue weighted by atomic mass is 35.5. The molecule has 3 N–H and O–H groups in total. The quantitative estimate of drug-likeness (QED) is 0.277. The van der Waals surface area contributed by atoms with Gasteiger partial charge in [-0.25, -0.2) is 19.0 Å². The molecule has 3 heterocycles. The largest absolute Gasteiger partial charge is 0.479 e. The van der Waals surface area contributed by atoms with Crippen molar-refractivity contribution >= 4 is 34.9 Å². The highest BCUT2D eigenvalue weighted by molar-refractivity contribution is 7.15. The van der Waals surface area contributed by atoms with Crippen LogP contribution in [-0.4, -0.2) is 29.2 Å². The molecule has 4 aromatic rings. The molecule has 192 valence electrons. The number of halogens is 3. The van der Waals surface area contributed by atoms with Crippen LogP contribution in [-0.2, 0) is 0 Å². The van der Waals surface area contributed by atoms with Gasteiger partial charge in [-0.3, -0.25) is 15.2 Å². The number of urea groups is 1. The lowest BCUT2D eigenvalue weighted by Crippen LogP contribution is -2.47. The fourth-order valence-corrected chi connectivity index (χ4v) is 4.61. The van der Waals surface area contributed by atoms with Crippen LogP contribution in [0.2, 0.25) is 5.02 Å². The van der Waals surface area contributed by atoms with E-state index in [0.29, 0.717) is 21.6 Å². The standard InChI is InChI=1S/C24H20ClF2N5O4S/c1-11-4-5-19(37-11)21-15(7-14(25)8-16(21)26)13-6-17(27)22(28-10-13)12(2)29-24(34)31-30-23(33)18-9-20(35-3)32-36-18/h4-10,12H,1-3H3,(H,30,33)(H2,29,31,34). The summed E-state index contributed by atoms with van der Waals surface area (Å²) >= 11 is 7.49. The monoisotopic (exact) mass is 547 g/mol. The van der Waals surface area contributed by atoms with Gasteiger partial charge in [0.15, 0.2) is 0 Å². The Hall–Kier alpha value is -4.03. The first-order chi connectivity index (χ1) is 17.7.